The first-order valence-corrected chi connectivity index (χ1v) is 6.14. The van der Waals surface area contributed by atoms with Crippen LogP contribution in [-0.2, 0) is 17.6 Å². The molecule has 1 rings (SSSR count). The van der Waals surface area contributed by atoms with Gasteiger partial charge in [-0.15, -0.1) is 10.2 Å². The Morgan fingerprint density at radius 3 is 2.65 bits per heavy atom. The van der Waals surface area contributed by atoms with Gasteiger partial charge in [0.1, 0.15) is 0 Å². The first kappa shape index (κ1) is 14.1. The van der Waals surface area contributed by atoms with E-state index in [1.165, 1.54) is 0 Å². The van der Waals surface area contributed by atoms with E-state index >= 15 is 0 Å². The van der Waals surface area contributed by atoms with Crippen molar-refractivity contribution in [1.82, 2.24) is 15.5 Å². The van der Waals surface area contributed by atoms with E-state index in [-0.39, 0.29) is 5.60 Å². The van der Waals surface area contributed by atoms with E-state index in [4.69, 9.17) is 9.15 Å². The van der Waals surface area contributed by atoms with Gasteiger partial charge in [0, 0.05) is 13.5 Å². The van der Waals surface area contributed by atoms with Gasteiger partial charge in [0.25, 0.3) is 0 Å². The molecule has 0 aliphatic carbocycles. The fourth-order valence-corrected chi connectivity index (χ4v) is 1.44. The molecule has 17 heavy (non-hydrogen) atoms. The zero-order valence-corrected chi connectivity index (χ0v) is 11.2. The second-order valence-electron chi connectivity index (χ2n) is 4.69. The van der Waals surface area contributed by atoms with Crippen LogP contribution in [0.2, 0.25) is 0 Å². The van der Waals surface area contributed by atoms with Gasteiger partial charge in [0.2, 0.25) is 11.8 Å². The summed E-state index contributed by atoms with van der Waals surface area (Å²) in [6, 6.07) is 0. The van der Waals surface area contributed by atoms with Crippen LogP contribution in [0.15, 0.2) is 4.42 Å². The first-order chi connectivity index (χ1) is 8.07. The summed E-state index contributed by atoms with van der Waals surface area (Å²) in [4.78, 5) is 0. The molecule has 0 bridgehead atoms. The van der Waals surface area contributed by atoms with Gasteiger partial charge in [-0.3, -0.25) is 0 Å². The van der Waals surface area contributed by atoms with Crippen molar-refractivity contribution in [3.8, 4) is 0 Å². The molecule has 1 N–H and O–H groups in total. The van der Waals surface area contributed by atoms with Crippen LogP contribution in [0, 0.1) is 0 Å². The standard InChI is InChI=1S/C12H23N3O2/c1-5-13-8-6-7-10-14-15-11(17-10)9-12(2,3)16-4/h13H,5-9H2,1-4H3. The fraction of sp³-hybridized carbons (Fsp3) is 0.833. The quantitative estimate of drug-likeness (QED) is 0.700. The zero-order valence-electron chi connectivity index (χ0n) is 11.2. The van der Waals surface area contributed by atoms with Crippen LogP contribution in [0.1, 0.15) is 39.0 Å². The van der Waals surface area contributed by atoms with Gasteiger partial charge < -0.3 is 14.5 Å². The van der Waals surface area contributed by atoms with E-state index in [9.17, 15) is 0 Å². The van der Waals surface area contributed by atoms with Crippen LogP contribution in [0.4, 0.5) is 0 Å². The Hall–Kier alpha value is -0.940. The molecule has 0 saturated heterocycles. The number of ether oxygens (including phenoxy) is 1. The van der Waals surface area contributed by atoms with Crippen molar-refractivity contribution in [1.29, 1.82) is 0 Å². The molecule has 0 atom stereocenters. The average Bonchev–Trinajstić information content (AvgIpc) is 2.71. The Morgan fingerprint density at radius 1 is 1.29 bits per heavy atom. The molecule has 98 valence electrons. The number of nitrogens with zero attached hydrogens (tertiary/aromatic N) is 2. The molecule has 1 heterocycles. The summed E-state index contributed by atoms with van der Waals surface area (Å²) in [5, 5.41) is 11.3. The number of hydrogen-bond acceptors (Lipinski definition) is 5. The number of rotatable bonds is 8. The zero-order chi connectivity index (χ0) is 12.7. The molecule has 0 saturated carbocycles. The number of aromatic nitrogens is 2. The summed E-state index contributed by atoms with van der Waals surface area (Å²) in [6.45, 7) is 8.08. The summed E-state index contributed by atoms with van der Waals surface area (Å²) in [5.41, 5.74) is -0.256. The van der Waals surface area contributed by atoms with Crippen molar-refractivity contribution in [2.75, 3.05) is 20.2 Å². The molecule has 0 spiro atoms. The Bertz CT molecular complexity index is 323. The largest absolute Gasteiger partial charge is 0.425 e. The predicted molar refractivity (Wildman–Crippen MR) is 66.0 cm³/mol. The summed E-state index contributed by atoms with van der Waals surface area (Å²) < 4.78 is 10.9. The summed E-state index contributed by atoms with van der Waals surface area (Å²) in [7, 11) is 1.69. The van der Waals surface area contributed by atoms with Crippen molar-refractivity contribution in [2.45, 2.75) is 45.6 Å². The lowest BCUT2D eigenvalue weighted by molar-refractivity contribution is 0.0179. The highest BCUT2D eigenvalue weighted by atomic mass is 16.5. The second kappa shape index (κ2) is 6.71. The highest BCUT2D eigenvalue weighted by Crippen LogP contribution is 2.15. The average molecular weight is 241 g/mol. The third-order valence-electron chi connectivity index (χ3n) is 2.63. The number of hydrogen-bond donors (Lipinski definition) is 1. The highest BCUT2D eigenvalue weighted by molar-refractivity contribution is 4.88. The first-order valence-electron chi connectivity index (χ1n) is 6.14. The van der Waals surface area contributed by atoms with E-state index in [0.29, 0.717) is 18.2 Å². The smallest absolute Gasteiger partial charge is 0.219 e. The van der Waals surface area contributed by atoms with Crippen molar-refractivity contribution in [2.24, 2.45) is 0 Å². The molecule has 1 aromatic heterocycles. The summed E-state index contributed by atoms with van der Waals surface area (Å²) in [5.74, 6) is 1.36. The molecule has 5 heteroatoms. The van der Waals surface area contributed by atoms with Gasteiger partial charge in [0.15, 0.2) is 0 Å². The molecule has 0 fully saturated rings. The molecule has 0 unspecified atom stereocenters. The van der Waals surface area contributed by atoms with Gasteiger partial charge in [-0.1, -0.05) is 6.92 Å². The molecule has 1 aromatic rings. The monoisotopic (exact) mass is 241 g/mol. The Morgan fingerprint density at radius 2 is 2.00 bits per heavy atom. The summed E-state index contributed by atoms with van der Waals surface area (Å²) in [6.07, 6.45) is 2.49. The molecular weight excluding hydrogens is 218 g/mol. The van der Waals surface area contributed by atoms with Crippen LogP contribution in [0.25, 0.3) is 0 Å². The maximum Gasteiger partial charge on any atom is 0.219 e. The Balaban J connectivity index is 2.37. The Labute approximate surface area is 103 Å². The van der Waals surface area contributed by atoms with Crippen molar-refractivity contribution in [3.63, 3.8) is 0 Å². The normalized spacial score (nSPS) is 12.0. The summed E-state index contributed by atoms with van der Waals surface area (Å²) >= 11 is 0. The SMILES string of the molecule is CCNCCCc1nnc(CC(C)(C)OC)o1. The van der Waals surface area contributed by atoms with E-state index in [1.54, 1.807) is 7.11 Å². The Kier molecular flexibility index (Phi) is 5.58. The lowest BCUT2D eigenvalue weighted by Crippen LogP contribution is -2.25. The maximum atomic E-state index is 5.57. The molecule has 0 aliphatic rings. The van der Waals surface area contributed by atoms with E-state index in [2.05, 4.69) is 22.4 Å². The van der Waals surface area contributed by atoms with Gasteiger partial charge in [0.05, 0.1) is 12.0 Å². The maximum absolute atomic E-state index is 5.57. The molecule has 0 amide bonds. The van der Waals surface area contributed by atoms with Crippen LogP contribution in [0.5, 0.6) is 0 Å². The van der Waals surface area contributed by atoms with E-state index in [0.717, 1.165) is 25.9 Å². The number of methoxy groups -OCH3 is 1. The van der Waals surface area contributed by atoms with Crippen LogP contribution in [-0.4, -0.2) is 36.0 Å². The van der Waals surface area contributed by atoms with Crippen LogP contribution >= 0.6 is 0 Å². The minimum absolute atomic E-state index is 0.256. The van der Waals surface area contributed by atoms with Crippen molar-refractivity contribution in [3.05, 3.63) is 11.8 Å². The van der Waals surface area contributed by atoms with E-state index < -0.39 is 0 Å². The van der Waals surface area contributed by atoms with Gasteiger partial charge in [-0.25, -0.2) is 0 Å². The minimum atomic E-state index is -0.256. The molecule has 0 aromatic carbocycles. The van der Waals surface area contributed by atoms with Crippen LogP contribution < -0.4 is 5.32 Å². The van der Waals surface area contributed by atoms with Crippen LogP contribution in [0.3, 0.4) is 0 Å². The predicted octanol–water partition coefficient (Wildman–Crippen LogP) is 1.58. The van der Waals surface area contributed by atoms with E-state index in [1.807, 2.05) is 13.8 Å². The third-order valence-corrected chi connectivity index (χ3v) is 2.63. The minimum Gasteiger partial charge on any atom is -0.425 e. The molecule has 0 aliphatic heterocycles. The molecule has 0 radical (unpaired) electrons. The fourth-order valence-electron chi connectivity index (χ4n) is 1.44. The second-order valence-corrected chi connectivity index (χ2v) is 4.69. The number of aryl methyl sites for hydroxylation is 1. The molecular formula is C12H23N3O2. The topological polar surface area (TPSA) is 60.2 Å². The third kappa shape index (κ3) is 5.28. The highest BCUT2D eigenvalue weighted by Gasteiger charge is 2.20. The molecule has 5 nitrogen and oxygen atoms in total. The van der Waals surface area contributed by atoms with Crippen molar-refractivity contribution >= 4 is 0 Å². The van der Waals surface area contributed by atoms with Gasteiger partial charge >= 0.3 is 0 Å². The van der Waals surface area contributed by atoms with Crippen molar-refractivity contribution < 1.29 is 9.15 Å². The lowest BCUT2D eigenvalue weighted by atomic mass is 10.1. The number of nitrogens with one attached hydrogen (secondary N) is 1. The van der Waals surface area contributed by atoms with Gasteiger partial charge in [-0.2, -0.15) is 0 Å². The van der Waals surface area contributed by atoms with Gasteiger partial charge in [-0.05, 0) is 33.4 Å². The lowest BCUT2D eigenvalue weighted by Gasteiger charge is -2.20.